The summed E-state index contributed by atoms with van der Waals surface area (Å²) in [6.45, 7) is 1.65. The van der Waals surface area contributed by atoms with Crippen molar-refractivity contribution in [2.24, 2.45) is 5.10 Å². The van der Waals surface area contributed by atoms with Gasteiger partial charge in [0, 0.05) is 10.7 Å². The summed E-state index contributed by atoms with van der Waals surface area (Å²) in [6, 6.07) is 16.7. The number of hydrogen-bond acceptors (Lipinski definition) is 6. The second-order valence-corrected chi connectivity index (χ2v) is 8.38. The molecule has 0 bridgehead atoms. The molecule has 0 spiro atoms. The van der Waals surface area contributed by atoms with Gasteiger partial charge in [-0.25, -0.2) is 5.43 Å². The Morgan fingerprint density at radius 2 is 1.70 bits per heavy atom. The molecule has 37 heavy (non-hydrogen) atoms. The first kappa shape index (κ1) is 27.5. The van der Waals surface area contributed by atoms with Crippen molar-refractivity contribution in [2.45, 2.75) is 13.3 Å². The first-order valence-corrected chi connectivity index (χ1v) is 11.8. The predicted molar refractivity (Wildman–Crippen MR) is 144 cm³/mol. The van der Waals surface area contributed by atoms with Crippen molar-refractivity contribution < 1.29 is 23.9 Å². The molecule has 0 atom stereocenters. The molecule has 0 aliphatic carbocycles. The Balaban J connectivity index is 1.54. The highest BCUT2D eigenvalue weighted by atomic mass is 35.5. The molecule has 0 heterocycles. The van der Waals surface area contributed by atoms with Gasteiger partial charge in [0.15, 0.2) is 18.1 Å². The summed E-state index contributed by atoms with van der Waals surface area (Å²) in [7, 11) is 1.44. The van der Waals surface area contributed by atoms with E-state index >= 15 is 0 Å². The van der Waals surface area contributed by atoms with Gasteiger partial charge in [-0.15, -0.1) is 0 Å². The van der Waals surface area contributed by atoms with E-state index in [1.54, 1.807) is 42.5 Å². The van der Waals surface area contributed by atoms with Crippen molar-refractivity contribution >= 4 is 58.5 Å². The molecule has 0 saturated carbocycles. The molecule has 192 valence electrons. The van der Waals surface area contributed by atoms with Gasteiger partial charge in [0.05, 0.1) is 24.0 Å². The van der Waals surface area contributed by atoms with Gasteiger partial charge in [0.25, 0.3) is 5.91 Å². The van der Waals surface area contributed by atoms with Crippen LogP contribution in [0.25, 0.3) is 0 Å². The van der Waals surface area contributed by atoms with Gasteiger partial charge in [-0.1, -0.05) is 48.3 Å². The van der Waals surface area contributed by atoms with Crippen molar-refractivity contribution in [3.63, 3.8) is 0 Å². The first-order valence-electron chi connectivity index (χ1n) is 11.1. The molecular weight excluding hydrogens is 519 g/mol. The number of rotatable bonds is 9. The smallest absolute Gasteiger partial charge is 0.329 e. The van der Waals surface area contributed by atoms with Crippen molar-refractivity contribution in [2.75, 3.05) is 24.4 Å². The lowest BCUT2D eigenvalue weighted by Gasteiger charge is -2.12. The Kier molecular flexibility index (Phi) is 9.88. The molecule has 0 saturated heterocycles. The Morgan fingerprint density at radius 3 is 2.43 bits per heavy atom. The normalized spacial score (nSPS) is 10.6. The van der Waals surface area contributed by atoms with Crippen LogP contribution in [0, 0.1) is 0 Å². The maximum Gasteiger partial charge on any atom is 0.329 e. The van der Waals surface area contributed by atoms with E-state index in [1.165, 1.54) is 19.4 Å². The van der Waals surface area contributed by atoms with Crippen LogP contribution in [0.4, 0.5) is 11.4 Å². The summed E-state index contributed by atoms with van der Waals surface area (Å²) in [6.07, 6.45) is 2.05. The zero-order valence-corrected chi connectivity index (χ0v) is 21.5. The lowest BCUT2D eigenvalue weighted by molar-refractivity contribution is -0.136. The van der Waals surface area contributed by atoms with E-state index in [0.29, 0.717) is 44.9 Å². The average Bonchev–Trinajstić information content (AvgIpc) is 2.89. The molecule has 9 nitrogen and oxygen atoms in total. The van der Waals surface area contributed by atoms with Gasteiger partial charge < -0.3 is 20.1 Å². The minimum atomic E-state index is -0.916. The second-order valence-electron chi connectivity index (χ2n) is 7.54. The maximum absolute atomic E-state index is 12.2. The van der Waals surface area contributed by atoms with Crippen LogP contribution in [0.3, 0.4) is 0 Å². The number of nitrogens with one attached hydrogen (secondary N) is 3. The second kappa shape index (κ2) is 13.3. The number of carbonyl (C=O) groups excluding carboxylic acids is 3. The largest absolute Gasteiger partial charge is 0.493 e. The van der Waals surface area contributed by atoms with E-state index in [4.69, 9.17) is 32.7 Å². The molecule has 3 amide bonds. The minimum absolute atomic E-state index is 0.297. The zero-order valence-electron chi connectivity index (χ0n) is 20.0. The number of anilines is 2. The van der Waals surface area contributed by atoms with E-state index in [9.17, 15) is 14.4 Å². The quantitative estimate of drug-likeness (QED) is 0.206. The number of benzene rings is 3. The number of halogens is 2. The molecule has 3 N–H and O–H groups in total. The van der Waals surface area contributed by atoms with Crippen LogP contribution in [0.5, 0.6) is 11.5 Å². The third-order valence-electron chi connectivity index (χ3n) is 4.98. The monoisotopic (exact) mass is 542 g/mol. The predicted octanol–water partition coefficient (Wildman–Crippen LogP) is 4.67. The van der Waals surface area contributed by atoms with E-state index in [1.807, 2.05) is 19.1 Å². The fraction of sp³-hybridized carbons (Fsp3) is 0.154. The molecule has 3 rings (SSSR count). The topological polar surface area (TPSA) is 118 Å². The van der Waals surface area contributed by atoms with Crippen molar-refractivity contribution in [1.82, 2.24) is 5.43 Å². The van der Waals surface area contributed by atoms with Crippen LogP contribution in [0.1, 0.15) is 18.1 Å². The van der Waals surface area contributed by atoms with E-state index in [-0.39, 0.29) is 6.61 Å². The standard InChI is InChI=1S/C26H24Cl2N4O5/c1-3-17-6-4-5-7-20(17)31-25(34)26(35)32-29-14-16-8-11-22(23(12-16)36-2)37-15-24(33)30-21-10-9-18(27)13-19(21)28/h4-14H,3,15H2,1-2H3,(H,30,33)(H,31,34)(H,32,35)/b29-14-. The molecule has 3 aromatic rings. The fourth-order valence-electron chi connectivity index (χ4n) is 3.15. The maximum atomic E-state index is 12.2. The number of hydrazone groups is 1. The summed E-state index contributed by atoms with van der Waals surface area (Å²) in [5.41, 5.74) is 4.63. The minimum Gasteiger partial charge on any atom is -0.493 e. The molecule has 3 aromatic carbocycles. The van der Waals surface area contributed by atoms with E-state index < -0.39 is 17.7 Å². The number of aryl methyl sites for hydroxylation is 1. The van der Waals surface area contributed by atoms with Crippen molar-refractivity contribution in [3.05, 3.63) is 81.8 Å². The van der Waals surface area contributed by atoms with Crippen molar-refractivity contribution in [3.8, 4) is 11.5 Å². The molecule has 0 unspecified atom stereocenters. The van der Waals surface area contributed by atoms with Crippen LogP contribution < -0.4 is 25.5 Å². The lowest BCUT2D eigenvalue weighted by atomic mass is 10.1. The van der Waals surface area contributed by atoms with Gasteiger partial charge in [-0.2, -0.15) is 5.10 Å². The molecule has 0 aliphatic rings. The van der Waals surface area contributed by atoms with E-state index in [0.717, 1.165) is 5.56 Å². The number of methoxy groups -OCH3 is 1. The van der Waals surface area contributed by atoms with Crippen LogP contribution in [-0.2, 0) is 20.8 Å². The Bertz CT molecular complexity index is 1330. The van der Waals surface area contributed by atoms with Crippen LogP contribution in [0.2, 0.25) is 10.0 Å². The Labute approximate surface area is 223 Å². The highest BCUT2D eigenvalue weighted by molar-refractivity contribution is 6.39. The number of hydrogen-bond donors (Lipinski definition) is 3. The van der Waals surface area contributed by atoms with Gasteiger partial charge >= 0.3 is 11.8 Å². The highest BCUT2D eigenvalue weighted by Crippen LogP contribution is 2.28. The first-order chi connectivity index (χ1) is 17.8. The van der Waals surface area contributed by atoms with Crippen LogP contribution in [0.15, 0.2) is 65.8 Å². The van der Waals surface area contributed by atoms with Crippen LogP contribution >= 0.6 is 23.2 Å². The van der Waals surface area contributed by atoms with Gasteiger partial charge in [0.1, 0.15) is 0 Å². The van der Waals surface area contributed by atoms with Crippen molar-refractivity contribution in [1.29, 1.82) is 0 Å². The molecule has 0 radical (unpaired) electrons. The van der Waals surface area contributed by atoms with Gasteiger partial charge in [-0.05, 0) is 60.0 Å². The number of para-hydroxylation sites is 1. The molecular formula is C26H24Cl2N4O5. The number of carbonyl (C=O) groups is 3. The van der Waals surface area contributed by atoms with Gasteiger partial charge in [-0.3, -0.25) is 14.4 Å². The Morgan fingerprint density at radius 1 is 0.919 bits per heavy atom. The third-order valence-corrected chi connectivity index (χ3v) is 5.53. The number of amides is 3. The number of ether oxygens (including phenoxy) is 2. The summed E-state index contributed by atoms with van der Waals surface area (Å²) in [5.74, 6) is -1.53. The van der Waals surface area contributed by atoms with Crippen LogP contribution in [-0.4, -0.2) is 37.7 Å². The highest BCUT2D eigenvalue weighted by Gasteiger charge is 2.14. The number of nitrogens with zero attached hydrogens (tertiary/aromatic N) is 1. The zero-order chi connectivity index (χ0) is 26.8. The summed E-state index contributed by atoms with van der Waals surface area (Å²) >= 11 is 11.9. The molecule has 11 heteroatoms. The Hall–Kier alpha value is -4.08. The average molecular weight is 543 g/mol. The third kappa shape index (κ3) is 7.96. The summed E-state index contributed by atoms with van der Waals surface area (Å²) in [4.78, 5) is 36.5. The molecule has 0 aliphatic heterocycles. The fourth-order valence-corrected chi connectivity index (χ4v) is 3.61. The molecule has 0 fully saturated rings. The van der Waals surface area contributed by atoms with Gasteiger partial charge in [0.2, 0.25) is 0 Å². The lowest BCUT2D eigenvalue weighted by Crippen LogP contribution is -2.32. The SMILES string of the molecule is CCc1ccccc1NC(=O)C(=O)N/N=C\c1ccc(OCC(=O)Nc2ccc(Cl)cc2Cl)c(OC)c1. The summed E-state index contributed by atoms with van der Waals surface area (Å²) in [5, 5.41) is 9.78. The summed E-state index contributed by atoms with van der Waals surface area (Å²) < 4.78 is 10.9. The van der Waals surface area contributed by atoms with E-state index in [2.05, 4.69) is 21.2 Å². The molecule has 0 aromatic heterocycles.